The first-order valence-electron chi connectivity index (χ1n) is 6.42. The first kappa shape index (κ1) is 11.4. The maximum atomic E-state index is 6.25. The summed E-state index contributed by atoms with van der Waals surface area (Å²) in [5.41, 5.74) is 1.32. The summed E-state index contributed by atoms with van der Waals surface area (Å²) in [6.45, 7) is 1.80. The molecule has 1 fully saturated rings. The number of rotatable bonds is 5. The van der Waals surface area contributed by atoms with Gasteiger partial charge >= 0.3 is 0 Å². The second kappa shape index (κ2) is 4.87. The van der Waals surface area contributed by atoms with E-state index >= 15 is 0 Å². The smallest absolute Gasteiger partial charge is 0.123 e. The minimum absolute atomic E-state index is 0.274. The summed E-state index contributed by atoms with van der Waals surface area (Å²) in [6, 6.07) is 8.28. The first-order chi connectivity index (χ1) is 8.33. The number of benzene rings is 1. The van der Waals surface area contributed by atoms with Crippen LogP contribution >= 0.6 is 11.6 Å². The molecule has 3 rings (SSSR count). The molecule has 3 heteroatoms. The highest BCUT2D eigenvalue weighted by molar-refractivity contribution is 6.21. The van der Waals surface area contributed by atoms with Crippen LogP contribution in [0.2, 0.25) is 0 Å². The van der Waals surface area contributed by atoms with Crippen LogP contribution in [0.15, 0.2) is 24.3 Å². The van der Waals surface area contributed by atoms with Crippen molar-refractivity contribution in [3.8, 4) is 5.75 Å². The van der Waals surface area contributed by atoms with Gasteiger partial charge in [0.15, 0.2) is 0 Å². The molecule has 1 saturated carbocycles. The molecular weight excluding hydrogens is 234 g/mol. The third-order valence-electron chi connectivity index (χ3n) is 3.56. The minimum atomic E-state index is 0.274. The predicted molar refractivity (Wildman–Crippen MR) is 69.8 cm³/mol. The largest absolute Gasteiger partial charge is 0.488 e. The normalized spacial score (nSPS) is 24.2. The van der Waals surface area contributed by atoms with E-state index in [0.29, 0.717) is 5.38 Å². The quantitative estimate of drug-likeness (QED) is 0.813. The Morgan fingerprint density at radius 1 is 1.35 bits per heavy atom. The summed E-state index contributed by atoms with van der Waals surface area (Å²) in [6.07, 6.45) is 3.90. The third kappa shape index (κ3) is 2.75. The van der Waals surface area contributed by atoms with Crippen LogP contribution in [0.5, 0.6) is 5.75 Å². The van der Waals surface area contributed by atoms with E-state index in [4.69, 9.17) is 16.3 Å². The van der Waals surface area contributed by atoms with Gasteiger partial charge in [-0.3, -0.25) is 0 Å². The van der Waals surface area contributed by atoms with Gasteiger partial charge in [0, 0.05) is 24.9 Å². The topological polar surface area (TPSA) is 21.3 Å². The van der Waals surface area contributed by atoms with Crippen molar-refractivity contribution in [3.05, 3.63) is 29.8 Å². The molecule has 1 aromatic rings. The number of fused-ring (bicyclic) bond motifs is 1. The van der Waals surface area contributed by atoms with Gasteiger partial charge in [-0.15, -0.1) is 11.6 Å². The molecule has 0 spiro atoms. The molecule has 1 N–H and O–H groups in total. The van der Waals surface area contributed by atoms with Gasteiger partial charge in [0.1, 0.15) is 11.9 Å². The lowest BCUT2D eigenvalue weighted by atomic mass is 10.1. The highest BCUT2D eigenvalue weighted by Gasteiger charge is 2.29. The SMILES string of the molecule is ClC(CNCC1Cc2ccccc2O1)C1CC1. The molecule has 0 amide bonds. The highest BCUT2D eigenvalue weighted by Crippen LogP contribution is 2.35. The minimum Gasteiger partial charge on any atom is -0.488 e. The summed E-state index contributed by atoms with van der Waals surface area (Å²) in [5, 5.41) is 3.73. The van der Waals surface area contributed by atoms with E-state index in [2.05, 4.69) is 17.4 Å². The van der Waals surface area contributed by atoms with Gasteiger partial charge in [-0.25, -0.2) is 0 Å². The van der Waals surface area contributed by atoms with E-state index in [1.165, 1.54) is 18.4 Å². The first-order valence-corrected chi connectivity index (χ1v) is 6.86. The molecule has 0 bridgehead atoms. The molecule has 1 aliphatic heterocycles. The zero-order valence-electron chi connectivity index (χ0n) is 9.86. The van der Waals surface area contributed by atoms with E-state index < -0.39 is 0 Å². The average Bonchev–Trinajstić information content (AvgIpc) is 3.09. The van der Waals surface area contributed by atoms with Crippen molar-refractivity contribution in [1.82, 2.24) is 5.32 Å². The number of ether oxygens (including phenoxy) is 1. The molecule has 1 aliphatic carbocycles. The average molecular weight is 252 g/mol. The second-order valence-electron chi connectivity index (χ2n) is 5.06. The van der Waals surface area contributed by atoms with Gasteiger partial charge in [0.2, 0.25) is 0 Å². The van der Waals surface area contributed by atoms with Crippen LogP contribution in [0.3, 0.4) is 0 Å². The van der Waals surface area contributed by atoms with Gasteiger partial charge in [-0.05, 0) is 30.4 Å². The standard InChI is InChI=1S/C14H18ClNO/c15-13(10-5-6-10)9-16-8-12-7-11-3-1-2-4-14(11)17-12/h1-4,10,12-13,16H,5-9H2. The Morgan fingerprint density at radius 2 is 2.18 bits per heavy atom. The van der Waals surface area contributed by atoms with Gasteiger partial charge in [0.25, 0.3) is 0 Å². The molecule has 92 valence electrons. The molecule has 0 saturated heterocycles. The van der Waals surface area contributed by atoms with Gasteiger partial charge in [-0.2, -0.15) is 0 Å². The van der Waals surface area contributed by atoms with Gasteiger partial charge in [-0.1, -0.05) is 18.2 Å². The number of hydrogen-bond acceptors (Lipinski definition) is 2. The van der Waals surface area contributed by atoms with E-state index in [0.717, 1.165) is 31.2 Å². The summed E-state index contributed by atoms with van der Waals surface area (Å²) >= 11 is 6.25. The van der Waals surface area contributed by atoms with Crippen LogP contribution in [-0.2, 0) is 6.42 Å². The van der Waals surface area contributed by atoms with Gasteiger partial charge < -0.3 is 10.1 Å². The van der Waals surface area contributed by atoms with Crippen LogP contribution in [0.4, 0.5) is 0 Å². The maximum absolute atomic E-state index is 6.25. The summed E-state index contributed by atoms with van der Waals surface area (Å²) in [7, 11) is 0. The van der Waals surface area contributed by atoms with Crippen LogP contribution in [-0.4, -0.2) is 24.6 Å². The van der Waals surface area contributed by atoms with Crippen molar-refractivity contribution in [2.75, 3.05) is 13.1 Å². The molecule has 2 unspecified atom stereocenters. The summed E-state index contributed by atoms with van der Waals surface area (Å²) in [5.74, 6) is 1.80. The maximum Gasteiger partial charge on any atom is 0.123 e. The van der Waals surface area contributed by atoms with Crippen molar-refractivity contribution in [3.63, 3.8) is 0 Å². The molecule has 0 radical (unpaired) electrons. The second-order valence-corrected chi connectivity index (χ2v) is 5.62. The zero-order chi connectivity index (χ0) is 11.7. The zero-order valence-corrected chi connectivity index (χ0v) is 10.6. The number of nitrogens with one attached hydrogen (secondary N) is 1. The lowest BCUT2D eigenvalue weighted by Gasteiger charge is -2.14. The molecule has 0 aromatic heterocycles. The number of para-hydroxylation sites is 1. The van der Waals surface area contributed by atoms with E-state index in [1.54, 1.807) is 0 Å². The Labute approximate surface area is 107 Å². The van der Waals surface area contributed by atoms with Crippen molar-refractivity contribution in [1.29, 1.82) is 0 Å². The summed E-state index contributed by atoms with van der Waals surface area (Å²) < 4.78 is 5.86. The van der Waals surface area contributed by atoms with Crippen LogP contribution < -0.4 is 10.1 Å². The van der Waals surface area contributed by atoms with E-state index in [-0.39, 0.29) is 6.10 Å². The predicted octanol–water partition coefficient (Wildman–Crippen LogP) is 2.60. The number of halogens is 1. The fraction of sp³-hybridized carbons (Fsp3) is 0.571. The van der Waals surface area contributed by atoms with Crippen LogP contribution in [0.25, 0.3) is 0 Å². The molecule has 2 aliphatic rings. The van der Waals surface area contributed by atoms with Crippen molar-refractivity contribution >= 4 is 11.6 Å². The van der Waals surface area contributed by atoms with Crippen molar-refractivity contribution < 1.29 is 4.74 Å². The Kier molecular flexibility index (Phi) is 3.26. The third-order valence-corrected chi connectivity index (χ3v) is 4.07. The summed E-state index contributed by atoms with van der Waals surface area (Å²) in [4.78, 5) is 0. The van der Waals surface area contributed by atoms with Gasteiger partial charge in [0.05, 0.1) is 0 Å². The molecule has 17 heavy (non-hydrogen) atoms. The number of hydrogen-bond donors (Lipinski definition) is 1. The monoisotopic (exact) mass is 251 g/mol. The molecular formula is C14H18ClNO. The highest BCUT2D eigenvalue weighted by atomic mass is 35.5. The van der Waals surface area contributed by atoms with Crippen molar-refractivity contribution in [2.45, 2.75) is 30.7 Å². The Hall–Kier alpha value is -0.730. The Bertz CT molecular complexity index is 367. The Morgan fingerprint density at radius 3 is 2.94 bits per heavy atom. The fourth-order valence-electron chi connectivity index (χ4n) is 2.37. The van der Waals surface area contributed by atoms with Crippen LogP contribution in [0, 0.1) is 5.92 Å². The lowest BCUT2D eigenvalue weighted by Crippen LogP contribution is -2.34. The Balaban J connectivity index is 1.43. The molecule has 1 aromatic carbocycles. The fourth-order valence-corrected chi connectivity index (χ4v) is 2.74. The molecule has 1 heterocycles. The molecule has 2 atom stereocenters. The van der Waals surface area contributed by atoms with Crippen LogP contribution in [0.1, 0.15) is 18.4 Å². The van der Waals surface area contributed by atoms with E-state index in [9.17, 15) is 0 Å². The van der Waals surface area contributed by atoms with Crippen molar-refractivity contribution in [2.24, 2.45) is 5.92 Å². The molecule has 2 nitrogen and oxygen atoms in total. The number of alkyl halides is 1. The van der Waals surface area contributed by atoms with E-state index in [1.807, 2.05) is 12.1 Å². The lowest BCUT2D eigenvalue weighted by molar-refractivity contribution is 0.227.